The monoisotopic (exact) mass is 267 g/mol. The SMILES string of the molecule is O=C(NCC1(O)CCCC1)c1cccc(CCl)c1. The van der Waals surface area contributed by atoms with Crippen LogP contribution in [0.2, 0.25) is 0 Å². The van der Waals surface area contributed by atoms with E-state index in [2.05, 4.69) is 5.32 Å². The molecule has 0 heterocycles. The molecular formula is C14H18ClNO2. The quantitative estimate of drug-likeness (QED) is 0.824. The van der Waals surface area contributed by atoms with Crippen molar-refractivity contribution in [3.63, 3.8) is 0 Å². The lowest BCUT2D eigenvalue weighted by Crippen LogP contribution is -2.40. The minimum absolute atomic E-state index is 0.151. The highest BCUT2D eigenvalue weighted by atomic mass is 35.5. The number of carbonyl (C=O) groups is 1. The van der Waals surface area contributed by atoms with E-state index in [0.29, 0.717) is 18.0 Å². The van der Waals surface area contributed by atoms with Crippen LogP contribution in [0.3, 0.4) is 0 Å². The molecule has 98 valence electrons. The van der Waals surface area contributed by atoms with Crippen LogP contribution >= 0.6 is 11.6 Å². The number of hydrogen-bond donors (Lipinski definition) is 2. The second-order valence-electron chi connectivity index (χ2n) is 4.95. The number of benzene rings is 1. The fourth-order valence-corrected chi connectivity index (χ4v) is 2.52. The van der Waals surface area contributed by atoms with Gasteiger partial charge in [0.25, 0.3) is 5.91 Å². The summed E-state index contributed by atoms with van der Waals surface area (Å²) in [7, 11) is 0. The van der Waals surface area contributed by atoms with Gasteiger partial charge >= 0.3 is 0 Å². The van der Waals surface area contributed by atoms with Gasteiger partial charge in [0.1, 0.15) is 0 Å². The second-order valence-corrected chi connectivity index (χ2v) is 5.22. The molecule has 4 heteroatoms. The van der Waals surface area contributed by atoms with Crippen LogP contribution in [0.15, 0.2) is 24.3 Å². The van der Waals surface area contributed by atoms with Crippen LogP contribution in [0.1, 0.15) is 41.6 Å². The van der Waals surface area contributed by atoms with Crippen LogP contribution in [0.5, 0.6) is 0 Å². The van der Waals surface area contributed by atoms with E-state index in [1.54, 1.807) is 12.1 Å². The Labute approximate surface area is 112 Å². The van der Waals surface area contributed by atoms with E-state index in [0.717, 1.165) is 31.2 Å². The van der Waals surface area contributed by atoms with Crippen molar-refractivity contribution in [1.82, 2.24) is 5.32 Å². The zero-order chi connectivity index (χ0) is 13.0. The van der Waals surface area contributed by atoms with Crippen molar-refractivity contribution in [2.24, 2.45) is 0 Å². The molecule has 0 saturated heterocycles. The molecule has 0 unspecified atom stereocenters. The molecule has 0 atom stereocenters. The molecule has 0 aliphatic heterocycles. The number of rotatable bonds is 4. The Morgan fingerprint density at radius 3 is 2.78 bits per heavy atom. The summed E-state index contributed by atoms with van der Waals surface area (Å²) in [6, 6.07) is 7.23. The highest BCUT2D eigenvalue weighted by Gasteiger charge is 2.31. The van der Waals surface area contributed by atoms with Gasteiger partial charge in [-0.3, -0.25) is 4.79 Å². The van der Waals surface area contributed by atoms with E-state index in [4.69, 9.17) is 11.6 Å². The molecule has 18 heavy (non-hydrogen) atoms. The number of halogens is 1. The third-order valence-corrected chi connectivity index (χ3v) is 3.76. The van der Waals surface area contributed by atoms with Crippen molar-refractivity contribution < 1.29 is 9.90 Å². The van der Waals surface area contributed by atoms with Gasteiger partial charge in [-0.15, -0.1) is 11.6 Å². The summed E-state index contributed by atoms with van der Waals surface area (Å²) in [6.45, 7) is 0.330. The van der Waals surface area contributed by atoms with Gasteiger partial charge in [-0.25, -0.2) is 0 Å². The lowest BCUT2D eigenvalue weighted by atomic mass is 10.0. The van der Waals surface area contributed by atoms with E-state index < -0.39 is 5.60 Å². The summed E-state index contributed by atoms with van der Waals surface area (Å²) in [4.78, 5) is 11.9. The van der Waals surface area contributed by atoms with Crippen molar-refractivity contribution in [2.45, 2.75) is 37.2 Å². The molecule has 0 bridgehead atoms. The first-order valence-electron chi connectivity index (χ1n) is 6.28. The van der Waals surface area contributed by atoms with Crippen LogP contribution in [0, 0.1) is 0 Å². The Bertz CT molecular complexity index is 428. The molecule has 0 spiro atoms. The van der Waals surface area contributed by atoms with Crippen molar-refractivity contribution in [1.29, 1.82) is 0 Å². The Hall–Kier alpha value is -1.06. The van der Waals surface area contributed by atoms with Gasteiger partial charge in [0, 0.05) is 18.0 Å². The summed E-state index contributed by atoms with van der Waals surface area (Å²) in [5.41, 5.74) is 0.804. The molecular weight excluding hydrogens is 250 g/mol. The van der Waals surface area contributed by atoms with Gasteiger partial charge < -0.3 is 10.4 Å². The highest BCUT2D eigenvalue weighted by Crippen LogP contribution is 2.28. The second kappa shape index (κ2) is 5.72. The molecule has 1 aliphatic rings. The summed E-state index contributed by atoms with van der Waals surface area (Å²) in [5.74, 6) is 0.243. The third-order valence-electron chi connectivity index (χ3n) is 3.46. The zero-order valence-corrected chi connectivity index (χ0v) is 11.0. The van der Waals surface area contributed by atoms with Gasteiger partial charge in [0.05, 0.1) is 5.60 Å². The number of alkyl halides is 1. The maximum atomic E-state index is 11.9. The molecule has 1 aliphatic carbocycles. The number of amides is 1. The minimum atomic E-state index is -0.709. The summed E-state index contributed by atoms with van der Waals surface area (Å²) >= 11 is 5.73. The van der Waals surface area contributed by atoms with Crippen molar-refractivity contribution in [3.05, 3.63) is 35.4 Å². The molecule has 1 aromatic carbocycles. The Morgan fingerprint density at radius 1 is 1.39 bits per heavy atom. The molecule has 1 fully saturated rings. The molecule has 2 N–H and O–H groups in total. The van der Waals surface area contributed by atoms with Crippen LogP contribution in [0.4, 0.5) is 0 Å². The van der Waals surface area contributed by atoms with Crippen LogP contribution in [-0.4, -0.2) is 23.2 Å². The predicted octanol–water partition coefficient (Wildman–Crippen LogP) is 2.46. The fraction of sp³-hybridized carbons (Fsp3) is 0.500. The normalized spacial score (nSPS) is 17.7. The smallest absolute Gasteiger partial charge is 0.251 e. The molecule has 3 nitrogen and oxygen atoms in total. The first kappa shape index (κ1) is 13.4. The Morgan fingerprint density at radius 2 is 2.11 bits per heavy atom. The maximum absolute atomic E-state index is 11.9. The van der Waals surface area contributed by atoms with Gasteiger partial charge in [-0.1, -0.05) is 25.0 Å². The number of nitrogens with one attached hydrogen (secondary N) is 1. The molecule has 0 aromatic heterocycles. The average Bonchev–Trinajstić information content (AvgIpc) is 2.83. The summed E-state index contributed by atoms with van der Waals surface area (Å²) in [5, 5.41) is 13.0. The molecule has 1 saturated carbocycles. The first-order chi connectivity index (χ1) is 8.63. The van der Waals surface area contributed by atoms with Crippen LogP contribution < -0.4 is 5.32 Å². The maximum Gasteiger partial charge on any atom is 0.251 e. The van der Waals surface area contributed by atoms with Crippen LogP contribution in [-0.2, 0) is 5.88 Å². The van der Waals surface area contributed by atoms with Crippen molar-refractivity contribution >= 4 is 17.5 Å². The molecule has 1 aromatic rings. The minimum Gasteiger partial charge on any atom is -0.388 e. The van der Waals surface area contributed by atoms with E-state index in [-0.39, 0.29) is 5.91 Å². The Balaban J connectivity index is 1.94. The number of carbonyl (C=O) groups excluding carboxylic acids is 1. The largest absolute Gasteiger partial charge is 0.388 e. The topological polar surface area (TPSA) is 49.3 Å². The lowest BCUT2D eigenvalue weighted by Gasteiger charge is -2.22. The van der Waals surface area contributed by atoms with E-state index >= 15 is 0 Å². The standard InChI is InChI=1S/C14H18ClNO2/c15-9-11-4-3-5-12(8-11)13(17)16-10-14(18)6-1-2-7-14/h3-5,8,18H,1-2,6-7,9-10H2,(H,16,17). The van der Waals surface area contributed by atoms with Gasteiger partial charge in [-0.2, -0.15) is 0 Å². The third kappa shape index (κ3) is 3.24. The molecule has 1 amide bonds. The lowest BCUT2D eigenvalue weighted by molar-refractivity contribution is 0.0449. The van der Waals surface area contributed by atoms with E-state index in [9.17, 15) is 9.90 Å². The molecule has 2 rings (SSSR count). The first-order valence-corrected chi connectivity index (χ1v) is 6.82. The number of aliphatic hydroxyl groups is 1. The summed E-state index contributed by atoms with van der Waals surface area (Å²) < 4.78 is 0. The van der Waals surface area contributed by atoms with Gasteiger partial charge in [0.15, 0.2) is 0 Å². The van der Waals surface area contributed by atoms with Gasteiger partial charge in [0.2, 0.25) is 0 Å². The van der Waals surface area contributed by atoms with Crippen molar-refractivity contribution in [2.75, 3.05) is 6.54 Å². The van der Waals surface area contributed by atoms with E-state index in [1.165, 1.54) is 0 Å². The predicted molar refractivity (Wildman–Crippen MR) is 71.8 cm³/mol. The number of hydrogen-bond acceptors (Lipinski definition) is 2. The van der Waals surface area contributed by atoms with E-state index in [1.807, 2.05) is 12.1 Å². The fourth-order valence-electron chi connectivity index (χ4n) is 2.35. The molecule has 0 radical (unpaired) electrons. The zero-order valence-electron chi connectivity index (χ0n) is 10.3. The Kier molecular flexibility index (Phi) is 4.25. The van der Waals surface area contributed by atoms with Crippen molar-refractivity contribution in [3.8, 4) is 0 Å². The van der Waals surface area contributed by atoms with Gasteiger partial charge in [-0.05, 0) is 30.5 Å². The highest BCUT2D eigenvalue weighted by molar-refractivity contribution is 6.17. The van der Waals surface area contributed by atoms with Crippen LogP contribution in [0.25, 0.3) is 0 Å². The average molecular weight is 268 g/mol. The summed E-state index contributed by atoms with van der Waals surface area (Å²) in [6.07, 6.45) is 3.62.